The fourth-order valence-electron chi connectivity index (χ4n) is 2.68. The van der Waals surface area contributed by atoms with Crippen LogP contribution in [-0.2, 0) is 4.79 Å². The minimum absolute atomic E-state index is 0.0243. The molecule has 1 fully saturated rings. The van der Waals surface area contributed by atoms with Crippen molar-refractivity contribution in [1.82, 2.24) is 10.2 Å². The number of nitrogens with zero attached hydrogens (tertiary/aromatic N) is 3. The summed E-state index contributed by atoms with van der Waals surface area (Å²) in [6, 6.07) is 11.9. The summed E-state index contributed by atoms with van der Waals surface area (Å²) in [5.41, 5.74) is 0.780. The number of likely N-dealkylation sites (N-methyl/N-ethyl adjacent to an activating group) is 1. The molecule has 0 spiro atoms. The standard InChI is InChI=1S/C16H22N4O/c1-19(14-7-10-18-11-8-14)13-16(21)20(12-9-17)15-5-3-2-4-6-15/h2-6,14,18H,7-8,10-13H2,1H3. The number of anilines is 1. The summed E-state index contributed by atoms with van der Waals surface area (Å²) >= 11 is 0. The molecule has 0 atom stereocenters. The largest absolute Gasteiger partial charge is 0.317 e. The molecule has 5 nitrogen and oxygen atoms in total. The van der Waals surface area contributed by atoms with Crippen LogP contribution in [0.25, 0.3) is 0 Å². The van der Waals surface area contributed by atoms with Crippen LogP contribution in [0.3, 0.4) is 0 Å². The summed E-state index contributed by atoms with van der Waals surface area (Å²) in [5.74, 6) is -0.0243. The van der Waals surface area contributed by atoms with Crippen molar-refractivity contribution in [3.05, 3.63) is 30.3 Å². The summed E-state index contributed by atoms with van der Waals surface area (Å²) in [7, 11) is 1.99. The Bertz CT molecular complexity index is 491. The predicted octanol–water partition coefficient (Wildman–Crippen LogP) is 1.23. The lowest BCUT2D eigenvalue weighted by Gasteiger charge is -2.32. The highest BCUT2D eigenvalue weighted by molar-refractivity contribution is 5.95. The van der Waals surface area contributed by atoms with E-state index >= 15 is 0 Å². The first-order valence-electron chi connectivity index (χ1n) is 7.35. The van der Waals surface area contributed by atoms with Gasteiger partial charge in [-0.25, -0.2) is 0 Å². The molecule has 0 aromatic heterocycles. The number of carbonyl (C=O) groups is 1. The van der Waals surface area contributed by atoms with Crippen LogP contribution >= 0.6 is 0 Å². The summed E-state index contributed by atoms with van der Waals surface area (Å²) in [5, 5.41) is 12.3. The highest BCUT2D eigenvalue weighted by Crippen LogP contribution is 2.15. The molecule has 0 saturated carbocycles. The maximum Gasteiger partial charge on any atom is 0.242 e. The molecule has 1 aliphatic heterocycles. The predicted molar refractivity (Wildman–Crippen MR) is 82.9 cm³/mol. The molecular formula is C16H22N4O. The molecule has 0 aliphatic carbocycles. The molecule has 0 bridgehead atoms. The lowest BCUT2D eigenvalue weighted by atomic mass is 10.1. The van der Waals surface area contributed by atoms with Gasteiger partial charge in [-0.1, -0.05) is 18.2 Å². The van der Waals surface area contributed by atoms with Crippen LogP contribution in [0, 0.1) is 11.3 Å². The van der Waals surface area contributed by atoms with Crippen LogP contribution in [0.4, 0.5) is 5.69 Å². The Kier molecular flexibility index (Phi) is 5.73. The number of para-hydroxylation sites is 1. The molecule has 1 aliphatic rings. The van der Waals surface area contributed by atoms with E-state index in [2.05, 4.69) is 16.3 Å². The SMILES string of the molecule is CN(CC(=O)N(CC#N)c1ccccc1)C1CCNCC1. The van der Waals surface area contributed by atoms with Gasteiger partial charge in [0.1, 0.15) is 6.54 Å². The van der Waals surface area contributed by atoms with E-state index in [1.165, 1.54) is 0 Å². The number of benzene rings is 1. The van der Waals surface area contributed by atoms with Crippen molar-refractivity contribution < 1.29 is 4.79 Å². The molecule has 2 rings (SSSR count). The van der Waals surface area contributed by atoms with Gasteiger partial charge in [-0.3, -0.25) is 14.6 Å². The van der Waals surface area contributed by atoms with Crippen LogP contribution in [0.1, 0.15) is 12.8 Å². The minimum atomic E-state index is -0.0243. The number of hydrogen-bond acceptors (Lipinski definition) is 4. The molecule has 1 aromatic rings. The number of nitrogens with one attached hydrogen (secondary N) is 1. The second kappa shape index (κ2) is 7.77. The minimum Gasteiger partial charge on any atom is -0.317 e. The zero-order valence-corrected chi connectivity index (χ0v) is 12.5. The molecule has 0 radical (unpaired) electrons. The first-order chi connectivity index (χ1) is 10.2. The molecule has 1 heterocycles. The summed E-state index contributed by atoms with van der Waals surface area (Å²) < 4.78 is 0. The van der Waals surface area contributed by atoms with E-state index in [0.29, 0.717) is 12.6 Å². The monoisotopic (exact) mass is 286 g/mol. The third-order valence-corrected chi connectivity index (χ3v) is 3.91. The number of hydrogen-bond donors (Lipinski definition) is 1. The maximum absolute atomic E-state index is 12.5. The smallest absolute Gasteiger partial charge is 0.242 e. The molecule has 0 unspecified atom stereocenters. The van der Waals surface area contributed by atoms with E-state index in [1.54, 1.807) is 4.90 Å². The van der Waals surface area contributed by atoms with Crippen LogP contribution in [0.2, 0.25) is 0 Å². The molecule has 1 N–H and O–H groups in total. The van der Waals surface area contributed by atoms with Crippen molar-refractivity contribution in [3.8, 4) is 6.07 Å². The van der Waals surface area contributed by atoms with E-state index in [1.807, 2.05) is 37.4 Å². The molecule has 112 valence electrons. The molecular weight excluding hydrogens is 264 g/mol. The second-order valence-corrected chi connectivity index (χ2v) is 5.37. The van der Waals surface area contributed by atoms with Crippen molar-refractivity contribution in [2.24, 2.45) is 0 Å². The van der Waals surface area contributed by atoms with Gasteiger partial charge in [0.2, 0.25) is 5.91 Å². The number of nitriles is 1. The summed E-state index contributed by atoms with van der Waals surface area (Å²) in [6.45, 7) is 2.44. The van der Waals surface area contributed by atoms with Crippen molar-refractivity contribution in [2.45, 2.75) is 18.9 Å². The lowest BCUT2D eigenvalue weighted by molar-refractivity contribution is -0.119. The number of piperidine rings is 1. The van der Waals surface area contributed by atoms with Gasteiger partial charge in [-0.15, -0.1) is 0 Å². The highest BCUT2D eigenvalue weighted by atomic mass is 16.2. The van der Waals surface area contributed by atoms with Crippen molar-refractivity contribution >= 4 is 11.6 Å². The first-order valence-corrected chi connectivity index (χ1v) is 7.35. The van der Waals surface area contributed by atoms with E-state index in [0.717, 1.165) is 31.6 Å². The van der Waals surface area contributed by atoms with Gasteiger partial charge >= 0.3 is 0 Å². The lowest BCUT2D eigenvalue weighted by Crippen LogP contribution is -2.46. The van der Waals surface area contributed by atoms with Gasteiger partial charge in [0.15, 0.2) is 0 Å². The van der Waals surface area contributed by atoms with Gasteiger partial charge in [-0.05, 0) is 45.1 Å². The first kappa shape index (κ1) is 15.5. The summed E-state index contributed by atoms with van der Waals surface area (Å²) in [4.78, 5) is 16.2. The Morgan fingerprint density at radius 1 is 1.33 bits per heavy atom. The van der Waals surface area contributed by atoms with Crippen LogP contribution in [-0.4, -0.2) is 50.1 Å². The van der Waals surface area contributed by atoms with Gasteiger partial charge < -0.3 is 5.32 Å². The highest BCUT2D eigenvalue weighted by Gasteiger charge is 2.22. The fraction of sp³-hybridized carbons (Fsp3) is 0.500. The average Bonchev–Trinajstić information content (AvgIpc) is 2.54. The number of carbonyl (C=O) groups excluding carboxylic acids is 1. The van der Waals surface area contributed by atoms with Gasteiger partial charge in [0.25, 0.3) is 0 Å². The van der Waals surface area contributed by atoms with Crippen molar-refractivity contribution in [3.63, 3.8) is 0 Å². The zero-order valence-electron chi connectivity index (χ0n) is 12.5. The van der Waals surface area contributed by atoms with Gasteiger partial charge in [0.05, 0.1) is 12.6 Å². The topological polar surface area (TPSA) is 59.4 Å². The Morgan fingerprint density at radius 3 is 2.62 bits per heavy atom. The van der Waals surface area contributed by atoms with Crippen molar-refractivity contribution in [2.75, 3.05) is 38.1 Å². The normalized spacial score (nSPS) is 15.7. The average molecular weight is 286 g/mol. The third-order valence-electron chi connectivity index (χ3n) is 3.91. The van der Waals surface area contributed by atoms with Gasteiger partial charge in [-0.2, -0.15) is 5.26 Å². The van der Waals surface area contributed by atoms with Gasteiger partial charge in [0, 0.05) is 11.7 Å². The van der Waals surface area contributed by atoms with Crippen LogP contribution in [0.15, 0.2) is 30.3 Å². The van der Waals surface area contributed by atoms with E-state index in [4.69, 9.17) is 5.26 Å². The fourth-order valence-corrected chi connectivity index (χ4v) is 2.68. The molecule has 1 aromatic carbocycles. The Labute approximate surface area is 126 Å². The molecule has 21 heavy (non-hydrogen) atoms. The second-order valence-electron chi connectivity index (χ2n) is 5.37. The quantitative estimate of drug-likeness (QED) is 0.827. The maximum atomic E-state index is 12.5. The molecule has 1 saturated heterocycles. The number of amides is 1. The Morgan fingerprint density at radius 2 is 2.00 bits per heavy atom. The van der Waals surface area contributed by atoms with E-state index < -0.39 is 0 Å². The van der Waals surface area contributed by atoms with E-state index in [-0.39, 0.29) is 12.5 Å². The molecule has 5 heteroatoms. The van der Waals surface area contributed by atoms with Crippen molar-refractivity contribution in [1.29, 1.82) is 5.26 Å². The third kappa shape index (κ3) is 4.28. The zero-order chi connectivity index (χ0) is 15.1. The van der Waals surface area contributed by atoms with E-state index in [9.17, 15) is 4.79 Å². The molecule has 1 amide bonds. The van der Waals surface area contributed by atoms with Crippen LogP contribution in [0.5, 0.6) is 0 Å². The Balaban J connectivity index is 2.00. The number of rotatable bonds is 5. The summed E-state index contributed by atoms with van der Waals surface area (Å²) in [6.07, 6.45) is 2.13. The Hall–Kier alpha value is -1.90. The van der Waals surface area contributed by atoms with Crippen LogP contribution < -0.4 is 10.2 Å².